The lowest BCUT2D eigenvalue weighted by Gasteiger charge is -2.16. The molecule has 1 aromatic heterocycles. The molecule has 0 spiro atoms. The molecule has 0 aliphatic heterocycles. The van der Waals surface area contributed by atoms with E-state index in [4.69, 9.17) is 9.47 Å². The Morgan fingerprint density at radius 3 is 2.44 bits per heavy atom. The topological polar surface area (TPSA) is 108 Å². The van der Waals surface area contributed by atoms with Gasteiger partial charge in [0.05, 0.1) is 12.3 Å². The Kier molecular flexibility index (Phi) is 6.27. The van der Waals surface area contributed by atoms with Gasteiger partial charge in [0, 0.05) is 31.0 Å². The Morgan fingerprint density at radius 2 is 1.93 bits per heavy atom. The summed E-state index contributed by atoms with van der Waals surface area (Å²) >= 11 is 0. The minimum absolute atomic E-state index is 0.00199. The molecule has 1 N–H and O–H groups in total. The summed E-state index contributed by atoms with van der Waals surface area (Å²) in [5.74, 6) is -0.548. The summed E-state index contributed by atoms with van der Waals surface area (Å²) < 4.78 is 36.1. The first kappa shape index (κ1) is 20.9. The Balaban J connectivity index is 2.60. The summed E-state index contributed by atoms with van der Waals surface area (Å²) in [6, 6.07) is 2.77. The standard InChI is InChI=1S/C18H24N2O6S/c1-6-20-18(22)15(12(3)19-20)16(21)13-7-8-14(27(5,23)24)17(11(13)2)26-10-9-25-4/h7-8,22H,6,9-10H2,1-5H3. The van der Waals surface area contributed by atoms with E-state index in [1.807, 2.05) is 0 Å². The Labute approximate surface area is 158 Å². The number of hydrogen-bond acceptors (Lipinski definition) is 7. The molecule has 0 aliphatic carbocycles. The summed E-state index contributed by atoms with van der Waals surface area (Å²) in [5.41, 5.74) is 1.11. The van der Waals surface area contributed by atoms with Crippen molar-refractivity contribution >= 4 is 15.6 Å². The fourth-order valence-corrected chi connectivity index (χ4v) is 3.67. The molecule has 27 heavy (non-hydrogen) atoms. The lowest BCUT2D eigenvalue weighted by Crippen LogP contribution is -2.13. The molecule has 0 unspecified atom stereocenters. The van der Waals surface area contributed by atoms with Crippen molar-refractivity contribution in [3.05, 3.63) is 34.5 Å². The third-order valence-electron chi connectivity index (χ3n) is 4.17. The highest BCUT2D eigenvalue weighted by Gasteiger charge is 2.27. The number of aryl methyl sites for hydroxylation is 2. The zero-order chi connectivity index (χ0) is 20.4. The monoisotopic (exact) mass is 396 g/mol. The van der Waals surface area contributed by atoms with Crippen molar-refractivity contribution in [3.8, 4) is 11.6 Å². The summed E-state index contributed by atoms with van der Waals surface area (Å²) in [5, 5.41) is 14.4. The average molecular weight is 396 g/mol. The Hall–Kier alpha value is -2.39. The zero-order valence-corrected chi connectivity index (χ0v) is 16.9. The molecular formula is C18H24N2O6S. The predicted molar refractivity (Wildman–Crippen MR) is 99.4 cm³/mol. The lowest BCUT2D eigenvalue weighted by atomic mass is 9.98. The number of benzene rings is 1. The van der Waals surface area contributed by atoms with Gasteiger partial charge in [0.25, 0.3) is 0 Å². The molecule has 2 aromatic rings. The van der Waals surface area contributed by atoms with Crippen LogP contribution in [0.2, 0.25) is 0 Å². The van der Waals surface area contributed by atoms with Crippen molar-refractivity contribution in [2.75, 3.05) is 26.6 Å². The molecule has 148 valence electrons. The van der Waals surface area contributed by atoms with E-state index < -0.39 is 15.6 Å². The van der Waals surface area contributed by atoms with Crippen LogP contribution in [0.5, 0.6) is 11.6 Å². The van der Waals surface area contributed by atoms with Gasteiger partial charge in [-0.25, -0.2) is 13.1 Å². The normalized spacial score (nSPS) is 11.6. The largest absolute Gasteiger partial charge is 0.493 e. The van der Waals surface area contributed by atoms with Crippen LogP contribution in [0.25, 0.3) is 0 Å². The summed E-state index contributed by atoms with van der Waals surface area (Å²) in [4.78, 5) is 13.0. The van der Waals surface area contributed by atoms with E-state index in [0.717, 1.165) is 6.26 Å². The number of hydrogen-bond donors (Lipinski definition) is 1. The minimum Gasteiger partial charge on any atom is -0.493 e. The van der Waals surface area contributed by atoms with Crippen molar-refractivity contribution in [2.45, 2.75) is 32.2 Å². The molecule has 9 heteroatoms. The highest BCUT2D eigenvalue weighted by atomic mass is 32.2. The maximum Gasteiger partial charge on any atom is 0.221 e. The van der Waals surface area contributed by atoms with Crippen molar-refractivity contribution in [1.82, 2.24) is 9.78 Å². The van der Waals surface area contributed by atoms with Gasteiger partial charge in [-0.3, -0.25) is 4.79 Å². The second kappa shape index (κ2) is 8.10. The quantitative estimate of drug-likeness (QED) is 0.536. The van der Waals surface area contributed by atoms with Gasteiger partial charge >= 0.3 is 0 Å². The number of ketones is 1. The molecule has 8 nitrogen and oxygen atoms in total. The second-order valence-electron chi connectivity index (χ2n) is 6.11. The van der Waals surface area contributed by atoms with Crippen LogP contribution in [-0.4, -0.2) is 55.7 Å². The third-order valence-corrected chi connectivity index (χ3v) is 5.30. The number of sulfone groups is 1. The Morgan fingerprint density at radius 1 is 1.26 bits per heavy atom. The van der Waals surface area contributed by atoms with Crippen molar-refractivity contribution in [3.63, 3.8) is 0 Å². The van der Waals surface area contributed by atoms with E-state index in [-0.39, 0.29) is 40.9 Å². The van der Waals surface area contributed by atoms with Gasteiger partial charge in [0.2, 0.25) is 11.7 Å². The number of ether oxygens (including phenoxy) is 2. The second-order valence-corrected chi connectivity index (χ2v) is 8.09. The fraction of sp³-hybridized carbons (Fsp3) is 0.444. The molecule has 0 saturated heterocycles. The van der Waals surface area contributed by atoms with Crippen molar-refractivity contribution in [1.29, 1.82) is 0 Å². The van der Waals surface area contributed by atoms with Crippen molar-refractivity contribution in [2.24, 2.45) is 0 Å². The van der Waals surface area contributed by atoms with Crippen LogP contribution < -0.4 is 4.74 Å². The number of nitrogens with zero attached hydrogens (tertiary/aromatic N) is 2. The maximum absolute atomic E-state index is 13.0. The molecule has 0 atom stereocenters. The smallest absolute Gasteiger partial charge is 0.221 e. The molecule has 0 aliphatic rings. The average Bonchev–Trinajstić information content (AvgIpc) is 2.88. The van der Waals surface area contributed by atoms with Crippen LogP contribution in [0.1, 0.15) is 34.1 Å². The number of rotatable bonds is 8. The van der Waals surface area contributed by atoms with E-state index in [0.29, 0.717) is 17.8 Å². The number of aromatic hydroxyl groups is 1. The van der Waals surface area contributed by atoms with E-state index in [1.54, 1.807) is 20.8 Å². The van der Waals surface area contributed by atoms with Gasteiger partial charge < -0.3 is 14.6 Å². The van der Waals surface area contributed by atoms with Crippen LogP contribution >= 0.6 is 0 Å². The number of carbonyl (C=O) groups excluding carboxylic acids is 1. The first-order valence-corrected chi connectivity index (χ1v) is 10.3. The lowest BCUT2D eigenvalue weighted by molar-refractivity contribution is 0.103. The SMILES string of the molecule is CCn1nc(C)c(C(=O)c2ccc(S(C)(=O)=O)c(OCCOC)c2C)c1O. The fourth-order valence-electron chi connectivity index (χ4n) is 2.80. The van der Waals surface area contributed by atoms with Gasteiger partial charge in [-0.2, -0.15) is 5.10 Å². The van der Waals surface area contributed by atoms with Crippen LogP contribution in [0.4, 0.5) is 0 Å². The molecule has 0 saturated carbocycles. The highest BCUT2D eigenvalue weighted by Crippen LogP contribution is 2.33. The molecule has 2 rings (SSSR count). The third kappa shape index (κ3) is 4.14. The molecule has 1 aromatic carbocycles. The van der Waals surface area contributed by atoms with Crippen LogP contribution in [0, 0.1) is 13.8 Å². The van der Waals surface area contributed by atoms with Crippen LogP contribution in [0.3, 0.4) is 0 Å². The minimum atomic E-state index is -3.56. The van der Waals surface area contributed by atoms with E-state index in [1.165, 1.54) is 23.9 Å². The first-order chi connectivity index (χ1) is 12.6. The van der Waals surface area contributed by atoms with Gasteiger partial charge in [-0.15, -0.1) is 0 Å². The van der Waals surface area contributed by atoms with E-state index >= 15 is 0 Å². The highest BCUT2D eigenvalue weighted by molar-refractivity contribution is 7.90. The molecule has 0 fully saturated rings. The number of carbonyl (C=O) groups is 1. The van der Waals surface area contributed by atoms with Crippen molar-refractivity contribution < 1.29 is 27.8 Å². The zero-order valence-electron chi connectivity index (χ0n) is 16.1. The van der Waals surface area contributed by atoms with Gasteiger partial charge in [-0.05, 0) is 32.9 Å². The van der Waals surface area contributed by atoms with Gasteiger partial charge in [0.1, 0.15) is 22.8 Å². The molecule has 0 bridgehead atoms. The maximum atomic E-state index is 13.0. The molecule has 0 amide bonds. The molecule has 0 radical (unpaired) electrons. The summed E-state index contributed by atoms with van der Waals surface area (Å²) in [7, 11) is -2.05. The number of aromatic nitrogens is 2. The van der Waals surface area contributed by atoms with Gasteiger partial charge in [-0.1, -0.05) is 0 Å². The summed E-state index contributed by atoms with van der Waals surface area (Å²) in [6.07, 6.45) is 1.08. The summed E-state index contributed by atoms with van der Waals surface area (Å²) in [6.45, 7) is 5.86. The Bertz CT molecular complexity index is 963. The van der Waals surface area contributed by atoms with E-state index in [9.17, 15) is 18.3 Å². The van der Waals surface area contributed by atoms with Crippen LogP contribution in [0.15, 0.2) is 17.0 Å². The van der Waals surface area contributed by atoms with Gasteiger partial charge in [0.15, 0.2) is 9.84 Å². The van der Waals surface area contributed by atoms with E-state index in [2.05, 4.69) is 5.10 Å². The molecule has 1 heterocycles. The first-order valence-electron chi connectivity index (χ1n) is 8.39. The molecular weight excluding hydrogens is 372 g/mol. The predicted octanol–water partition coefficient (Wildman–Crippen LogP) is 1.89. The van der Waals surface area contributed by atoms with Crippen LogP contribution in [-0.2, 0) is 21.1 Å². The number of methoxy groups -OCH3 is 1.